The van der Waals surface area contributed by atoms with Crippen molar-refractivity contribution in [2.45, 2.75) is 13.3 Å². The zero-order valence-corrected chi connectivity index (χ0v) is 16.2. The zero-order chi connectivity index (χ0) is 19.1. The van der Waals surface area contributed by atoms with Gasteiger partial charge in [0.05, 0.1) is 5.69 Å². The number of anilines is 2. The molecule has 0 spiro atoms. The molecule has 0 N–H and O–H groups in total. The first-order valence-electron chi connectivity index (χ1n) is 9.83. The number of hydrogen-bond donors (Lipinski definition) is 0. The third kappa shape index (κ3) is 2.82. The van der Waals surface area contributed by atoms with Crippen molar-refractivity contribution < 1.29 is 4.42 Å². The number of fused-ring (bicyclic) bond motifs is 3. The third-order valence-corrected chi connectivity index (χ3v) is 5.65. The lowest BCUT2D eigenvalue weighted by Gasteiger charge is -2.20. The molecule has 2 heteroatoms. The SMILES string of the molecule is CC1C=CC(c2ccc(N(C)c3cccc4c3oc3ccccc34)cc2)=CC1. The number of benzene rings is 3. The summed E-state index contributed by atoms with van der Waals surface area (Å²) in [5, 5.41) is 2.32. The molecule has 0 saturated carbocycles. The van der Waals surface area contributed by atoms with Crippen LogP contribution in [0.4, 0.5) is 11.4 Å². The molecule has 1 atom stereocenters. The van der Waals surface area contributed by atoms with Gasteiger partial charge in [-0.05, 0) is 47.7 Å². The van der Waals surface area contributed by atoms with Crippen molar-refractivity contribution in [2.24, 2.45) is 5.92 Å². The van der Waals surface area contributed by atoms with Crippen molar-refractivity contribution in [3.05, 3.63) is 90.5 Å². The van der Waals surface area contributed by atoms with Crippen LogP contribution in [-0.4, -0.2) is 7.05 Å². The predicted molar refractivity (Wildman–Crippen MR) is 119 cm³/mol. The maximum Gasteiger partial charge on any atom is 0.159 e. The third-order valence-electron chi connectivity index (χ3n) is 5.65. The van der Waals surface area contributed by atoms with Gasteiger partial charge in [-0.1, -0.05) is 67.6 Å². The van der Waals surface area contributed by atoms with Crippen LogP contribution in [0.3, 0.4) is 0 Å². The molecule has 5 rings (SSSR count). The van der Waals surface area contributed by atoms with Gasteiger partial charge in [0.2, 0.25) is 0 Å². The molecule has 2 nitrogen and oxygen atoms in total. The molecule has 0 fully saturated rings. The number of rotatable bonds is 3. The van der Waals surface area contributed by atoms with E-state index in [4.69, 9.17) is 4.42 Å². The smallest absolute Gasteiger partial charge is 0.159 e. The Morgan fingerprint density at radius 3 is 2.46 bits per heavy atom. The minimum Gasteiger partial charge on any atom is -0.454 e. The van der Waals surface area contributed by atoms with E-state index >= 15 is 0 Å². The summed E-state index contributed by atoms with van der Waals surface area (Å²) in [6.07, 6.45) is 7.97. The van der Waals surface area contributed by atoms with Crippen LogP contribution in [0.15, 0.2) is 89.4 Å². The first kappa shape index (κ1) is 16.9. The van der Waals surface area contributed by atoms with Crippen LogP contribution >= 0.6 is 0 Å². The molecule has 1 aromatic heterocycles. The van der Waals surface area contributed by atoms with Gasteiger partial charge in [-0.15, -0.1) is 0 Å². The molecular formula is C26H23NO. The van der Waals surface area contributed by atoms with Crippen molar-refractivity contribution >= 4 is 38.9 Å². The molecule has 1 unspecified atom stereocenters. The maximum atomic E-state index is 6.20. The molecular weight excluding hydrogens is 342 g/mol. The Bertz CT molecular complexity index is 1210. The first-order valence-corrected chi connectivity index (χ1v) is 9.83. The number of furan rings is 1. The van der Waals surface area contributed by atoms with Gasteiger partial charge < -0.3 is 9.32 Å². The van der Waals surface area contributed by atoms with Gasteiger partial charge in [0.15, 0.2) is 5.58 Å². The van der Waals surface area contributed by atoms with Crippen LogP contribution in [0.25, 0.3) is 27.5 Å². The fourth-order valence-electron chi connectivity index (χ4n) is 3.95. The van der Waals surface area contributed by atoms with Crippen molar-refractivity contribution in [2.75, 3.05) is 11.9 Å². The molecule has 1 aliphatic carbocycles. The fourth-order valence-corrected chi connectivity index (χ4v) is 3.95. The van der Waals surface area contributed by atoms with Crippen LogP contribution in [0, 0.1) is 5.92 Å². The summed E-state index contributed by atoms with van der Waals surface area (Å²) in [6.45, 7) is 2.25. The fraction of sp³-hybridized carbons (Fsp3) is 0.154. The lowest BCUT2D eigenvalue weighted by Crippen LogP contribution is -2.09. The minimum atomic E-state index is 0.637. The van der Waals surface area contributed by atoms with Crippen molar-refractivity contribution in [1.29, 1.82) is 0 Å². The minimum absolute atomic E-state index is 0.637. The van der Waals surface area contributed by atoms with Gasteiger partial charge in [0, 0.05) is 23.5 Å². The maximum absolute atomic E-state index is 6.20. The monoisotopic (exact) mass is 365 g/mol. The van der Waals surface area contributed by atoms with E-state index < -0.39 is 0 Å². The highest BCUT2D eigenvalue weighted by Crippen LogP contribution is 2.37. The summed E-state index contributed by atoms with van der Waals surface area (Å²) in [6, 6.07) is 23.3. The summed E-state index contributed by atoms with van der Waals surface area (Å²) in [7, 11) is 2.10. The van der Waals surface area contributed by atoms with E-state index in [1.807, 2.05) is 12.1 Å². The molecule has 0 aliphatic heterocycles. The Balaban J connectivity index is 1.51. The first-order chi connectivity index (χ1) is 13.7. The molecule has 28 heavy (non-hydrogen) atoms. The van der Waals surface area contributed by atoms with Gasteiger partial charge in [-0.25, -0.2) is 0 Å². The molecule has 0 bridgehead atoms. The van der Waals surface area contributed by atoms with E-state index in [0.29, 0.717) is 5.92 Å². The summed E-state index contributed by atoms with van der Waals surface area (Å²) in [4.78, 5) is 2.20. The van der Waals surface area contributed by atoms with E-state index in [2.05, 4.69) is 91.7 Å². The van der Waals surface area contributed by atoms with Gasteiger partial charge in [-0.2, -0.15) is 0 Å². The number of nitrogens with zero attached hydrogens (tertiary/aromatic N) is 1. The largest absolute Gasteiger partial charge is 0.454 e. The Hall–Kier alpha value is -3.26. The Labute approximate surface area is 165 Å². The van der Waals surface area contributed by atoms with Gasteiger partial charge in [-0.3, -0.25) is 0 Å². The summed E-state index contributed by atoms with van der Waals surface area (Å²) in [5.41, 5.74) is 6.66. The number of para-hydroxylation sites is 2. The predicted octanol–water partition coefficient (Wildman–Crippen LogP) is 7.33. The lowest BCUT2D eigenvalue weighted by molar-refractivity contribution is 0.668. The number of hydrogen-bond acceptors (Lipinski definition) is 2. The average molecular weight is 365 g/mol. The second-order valence-corrected chi connectivity index (χ2v) is 7.59. The molecule has 0 saturated heterocycles. The van der Waals surface area contributed by atoms with E-state index in [1.165, 1.54) is 11.1 Å². The molecule has 3 aromatic carbocycles. The van der Waals surface area contributed by atoms with E-state index in [9.17, 15) is 0 Å². The van der Waals surface area contributed by atoms with Crippen LogP contribution in [0.5, 0.6) is 0 Å². The van der Waals surface area contributed by atoms with Gasteiger partial charge >= 0.3 is 0 Å². The van der Waals surface area contributed by atoms with Crippen molar-refractivity contribution in [1.82, 2.24) is 0 Å². The van der Waals surface area contributed by atoms with Crippen LogP contribution in [-0.2, 0) is 0 Å². The molecule has 0 amide bonds. The normalized spacial score (nSPS) is 16.5. The highest BCUT2D eigenvalue weighted by atomic mass is 16.3. The molecule has 138 valence electrons. The van der Waals surface area contributed by atoms with E-state index in [-0.39, 0.29) is 0 Å². The summed E-state index contributed by atoms with van der Waals surface area (Å²) < 4.78 is 6.20. The van der Waals surface area contributed by atoms with Crippen LogP contribution in [0.1, 0.15) is 18.9 Å². The summed E-state index contributed by atoms with van der Waals surface area (Å²) in [5.74, 6) is 0.637. The zero-order valence-electron chi connectivity index (χ0n) is 16.2. The molecule has 4 aromatic rings. The second-order valence-electron chi connectivity index (χ2n) is 7.59. The second kappa shape index (κ2) is 6.72. The molecule has 1 heterocycles. The highest BCUT2D eigenvalue weighted by molar-refractivity contribution is 6.09. The molecule has 1 aliphatic rings. The van der Waals surface area contributed by atoms with Crippen LogP contribution < -0.4 is 4.90 Å². The van der Waals surface area contributed by atoms with Gasteiger partial charge in [0.25, 0.3) is 0 Å². The van der Waals surface area contributed by atoms with Crippen molar-refractivity contribution in [3.63, 3.8) is 0 Å². The van der Waals surface area contributed by atoms with E-state index in [1.54, 1.807) is 0 Å². The van der Waals surface area contributed by atoms with Gasteiger partial charge in [0.1, 0.15) is 5.58 Å². The number of allylic oxidation sites excluding steroid dienone is 4. The Morgan fingerprint density at radius 1 is 0.893 bits per heavy atom. The van der Waals surface area contributed by atoms with Crippen molar-refractivity contribution in [3.8, 4) is 0 Å². The molecule has 0 radical (unpaired) electrons. The average Bonchev–Trinajstić information content (AvgIpc) is 3.13. The summed E-state index contributed by atoms with van der Waals surface area (Å²) >= 11 is 0. The lowest BCUT2D eigenvalue weighted by atomic mass is 9.94. The topological polar surface area (TPSA) is 16.4 Å². The highest BCUT2D eigenvalue weighted by Gasteiger charge is 2.14. The Morgan fingerprint density at radius 2 is 1.68 bits per heavy atom. The standard InChI is InChI=1S/C26H23NO/c1-18-10-12-19(13-11-18)20-14-16-21(17-15-20)27(2)24-8-5-7-23-22-6-3-4-9-25(22)28-26(23)24/h3-10,12-18H,11H2,1-2H3. The van der Waals surface area contributed by atoms with Crippen LogP contribution in [0.2, 0.25) is 0 Å². The van der Waals surface area contributed by atoms with E-state index in [0.717, 1.165) is 39.7 Å². The quantitative estimate of drug-likeness (QED) is 0.378. The Kier molecular flexibility index (Phi) is 4.05.